The second-order valence-corrected chi connectivity index (χ2v) is 11.2. The number of sulfonamides is 1. The van der Waals surface area contributed by atoms with Gasteiger partial charge in [-0.05, 0) is 50.0 Å². The molecular weight excluding hydrogens is 420 g/mol. The lowest BCUT2D eigenvalue weighted by molar-refractivity contribution is -0.387. The third kappa shape index (κ3) is 3.61. The Labute approximate surface area is 182 Å². The second kappa shape index (κ2) is 8.09. The van der Waals surface area contributed by atoms with Crippen LogP contribution in [0.2, 0.25) is 0 Å². The molecule has 3 fully saturated rings. The molecule has 4 rings (SSSR count). The molecule has 3 aliphatic rings. The minimum atomic E-state index is -4.06. The average molecular weight is 449 g/mol. The highest BCUT2D eigenvalue weighted by Gasteiger charge is 2.60. The van der Waals surface area contributed by atoms with Crippen LogP contribution in [0.25, 0.3) is 0 Å². The van der Waals surface area contributed by atoms with E-state index in [9.17, 15) is 28.1 Å². The Hall–Kier alpha value is -2.13. The minimum absolute atomic E-state index is 0.0552. The summed E-state index contributed by atoms with van der Waals surface area (Å²) in [5, 5.41) is 11.4. The van der Waals surface area contributed by atoms with Gasteiger partial charge in [-0.1, -0.05) is 19.1 Å². The Morgan fingerprint density at radius 3 is 2.58 bits per heavy atom. The van der Waals surface area contributed by atoms with Gasteiger partial charge in [0.25, 0.3) is 5.69 Å². The fourth-order valence-electron chi connectivity index (χ4n) is 6.20. The molecule has 1 spiro atoms. The van der Waals surface area contributed by atoms with Gasteiger partial charge in [-0.15, -0.1) is 0 Å². The van der Waals surface area contributed by atoms with Gasteiger partial charge in [0.15, 0.2) is 4.90 Å². The highest BCUT2D eigenvalue weighted by molar-refractivity contribution is 7.89. The first kappa shape index (κ1) is 22.1. The summed E-state index contributed by atoms with van der Waals surface area (Å²) in [6.07, 6.45) is 3.71. The van der Waals surface area contributed by atoms with E-state index < -0.39 is 26.0 Å². The van der Waals surface area contributed by atoms with Crippen LogP contribution in [0.4, 0.5) is 5.69 Å². The van der Waals surface area contributed by atoms with Gasteiger partial charge in [-0.2, -0.15) is 4.31 Å². The molecule has 168 valence electrons. The van der Waals surface area contributed by atoms with Crippen molar-refractivity contribution in [3.05, 3.63) is 34.4 Å². The third-order valence-corrected chi connectivity index (χ3v) is 9.45. The number of benzene rings is 1. The molecule has 0 bridgehead atoms. The number of rotatable bonds is 3. The molecule has 1 aromatic rings. The van der Waals surface area contributed by atoms with E-state index in [0.717, 1.165) is 6.42 Å². The predicted molar refractivity (Wildman–Crippen MR) is 113 cm³/mol. The molecule has 0 N–H and O–H groups in total. The molecule has 9 heteroatoms. The van der Waals surface area contributed by atoms with Crippen molar-refractivity contribution in [1.29, 1.82) is 0 Å². The summed E-state index contributed by atoms with van der Waals surface area (Å²) < 4.78 is 27.8. The van der Waals surface area contributed by atoms with Crippen molar-refractivity contribution < 1.29 is 22.9 Å². The molecule has 0 aromatic heterocycles. The largest absolute Gasteiger partial charge is 0.299 e. The first-order chi connectivity index (χ1) is 14.7. The van der Waals surface area contributed by atoms with Crippen LogP contribution in [0.1, 0.15) is 51.9 Å². The van der Waals surface area contributed by atoms with Gasteiger partial charge < -0.3 is 0 Å². The van der Waals surface area contributed by atoms with Crippen LogP contribution in [-0.4, -0.2) is 42.3 Å². The van der Waals surface area contributed by atoms with E-state index in [-0.39, 0.29) is 47.3 Å². The van der Waals surface area contributed by atoms with Crippen LogP contribution in [-0.2, 0) is 19.6 Å². The molecule has 31 heavy (non-hydrogen) atoms. The van der Waals surface area contributed by atoms with E-state index in [0.29, 0.717) is 38.5 Å². The standard InChI is InChI=1S/C22H28N2O6S/c1-15-12-16-14-19(25)17-6-4-10-23(11-5-9-22(16,17)21(26)13-15)31(29,30)20-8-3-2-7-18(20)24(27)28/h2-3,7-8,15-17H,4-6,9-14H2,1H3. The number of ketones is 2. The maximum absolute atomic E-state index is 13.3. The van der Waals surface area contributed by atoms with Crippen molar-refractivity contribution in [2.75, 3.05) is 13.1 Å². The maximum Gasteiger partial charge on any atom is 0.289 e. The Morgan fingerprint density at radius 2 is 1.84 bits per heavy atom. The highest BCUT2D eigenvalue weighted by Crippen LogP contribution is 2.57. The summed E-state index contributed by atoms with van der Waals surface area (Å²) in [6, 6.07) is 5.37. The lowest BCUT2D eigenvalue weighted by Gasteiger charge is -2.43. The molecular formula is C22H28N2O6S. The van der Waals surface area contributed by atoms with Crippen LogP contribution in [0.15, 0.2) is 29.2 Å². The minimum Gasteiger partial charge on any atom is -0.299 e. The number of nitrogens with zero attached hydrogens (tertiary/aromatic N) is 2. The quantitative estimate of drug-likeness (QED) is 0.517. The van der Waals surface area contributed by atoms with Gasteiger partial charge in [0.1, 0.15) is 11.6 Å². The van der Waals surface area contributed by atoms with Crippen molar-refractivity contribution in [3.63, 3.8) is 0 Å². The summed E-state index contributed by atoms with van der Waals surface area (Å²) in [6.45, 7) is 2.43. The van der Waals surface area contributed by atoms with Crippen LogP contribution < -0.4 is 0 Å². The monoisotopic (exact) mass is 448 g/mol. The molecule has 8 nitrogen and oxygen atoms in total. The summed E-state index contributed by atoms with van der Waals surface area (Å²) in [4.78, 5) is 36.5. The zero-order chi connectivity index (χ0) is 22.4. The molecule has 1 saturated heterocycles. The Balaban J connectivity index is 1.63. The van der Waals surface area contributed by atoms with Gasteiger partial charge in [0.2, 0.25) is 10.0 Å². The van der Waals surface area contributed by atoms with E-state index in [4.69, 9.17) is 0 Å². The van der Waals surface area contributed by atoms with E-state index in [2.05, 4.69) is 6.92 Å². The van der Waals surface area contributed by atoms with Crippen LogP contribution in [0.3, 0.4) is 0 Å². The van der Waals surface area contributed by atoms with Crippen molar-refractivity contribution in [1.82, 2.24) is 4.31 Å². The van der Waals surface area contributed by atoms with E-state index in [1.54, 1.807) is 0 Å². The van der Waals surface area contributed by atoms with Crippen molar-refractivity contribution in [2.24, 2.45) is 23.2 Å². The van der Waals surface area contributed by atoms with E-state index in [1.807, 2.05) is 0 Å². The summed E-state index contributed by atoms with van der Waals surface area (Å²) in [7, 11) is -4.06. The lowest BCUT2D eigenvalue weighted by atomic mass is 9.58. The number of hydrogen-bond acceptors (Lipinski definition) is 6. The maximum atomic E-state index is 13.3. The first-order valence-electron chi connectivity index (χ1n) is 11.0. The van der Waals surface area contributed by atoms with Crippen molar-refractivity contribution in [3.8, 4) is 0 Å². The van der Waals surface area contributed by atoms with Gasteiger partial charge >= 0.3 is 0 Å². The zero-order valence-corrected chi connectivity index (χ0v) is 18.5. The fraction of sp³-hybridized carbons (Fsp3) is 0.636. The van der Waals surface area contributed by atoms with Gasteiger partial charge in [0, 0.05) is 43.3 Å². The number of nitro benzene ring substituents is 1. The SMILES string of the molecule is CC1CC(=O)C23CCCN(S(=O)(=O)c4ccccc4[N+](=O)[O-])CCCC2C(=O)CC3C1. The molecule has 0 radical (unpaired) electrons. The molecule has 2 saturated carbocycles. The van der Waals surface area contributed by atoms with Gasteiger partial charge in [-0.25, -0.2) is 8.42 Å². The van der Waals surface area contributed by atoms with E-state index >= 15 is 0 Å². The van der Waals surface area contributed by atoms with Gasteiger partial charge in [0.05, 0.1) is 4.92 Å². The van der Waals surface area contributed by atoms with Gasteiger partial charge in [-0.3, -0.25) is 19.7 Å². The summed E-state index contributed by atoms with van der Waals surface area (Å²) >= 11 is 0. The molecule has 1 aliphatic heterocycles. The second-order valence-electron chi connectivity index (χ2n) is 9.30. The first-order valence-corrected chi connectivity index (χ1v) is 12.4. The number of carbonyl (C=O) groups excluding carboxylic acids is 2. The third-order valence-electron chi connectivity index (χ3n) is 7.50. The molecule has 4 unspecified atom stereocenters. The Kier molecular flexibility index (Phi) is 5.76. The summed E-state index contributed by atoms with van der Waals surface area (Å²) in [5.41, 5.74) is -1.09. The Morgan fingerprint density at radius 1 is 1.13 bits per heavy atom. The highest BCUT2D eigenvalue weighted by atomic mass is 32.2. The summed E-state index contributed by atoms with van der Waals surface area (Å²) in [5.74, 6) is 0.313. The zero-order valence-electron chi connectivity index (χ0n) is 17.7. The molecule has 4 atom stereocenters. The van der Waals surface area contributed by atoms with E-state index in [1.165, 1.54) is 28.6 Å². The average Bonchev–Trinajstić information content (AvgIpc) is 3.03. The van der Waals surface area contributed by atoms with Crippen LogP contribution >= 0.6 is 0 Å². The number of para-hydroxylation sites is 1. The molecule has 2 aliphatic carbocycles. The smallest absolute Gasteiger partial charge is 0.289 e. The lowest BCUT2D eigenvalue weighted by Crippen LogP contribution is -2.46. The molecule has 1 heterocycles. The van der Waals surface area contributed by atoms with Crippen LogP contribution in [0, 0.1) is 33.3 Å². The number of carbonyl (C=O) groups is 2. The predicted octanol–water partition coefficient (Wildman–Crippen LogP) is 3.35. The van der Waals surface area contributed by atoms with Crippen LogP contribution in [0.5, 0.6) is 0 Å². The Bertz CT molecular complexity index is 1020. The number of nitro groups is 1. The van der Waals surface area contributed by atoms with Crippen molar-refractivity contribution in [2.45, 2.75) is 56.8 Å². The normalized spacial score (nSPS) is 32.5. The number of Topliss-reactive ketones (excluding diaryl/α,β-unsaturated/α-hetero) is 2. The fourth-order valence-corrected chi connectivity index (χ4v) is 7.88. The molecule has 1 aromatic carbocycles. The molecule has 0 amide bonds. The van der Waals surface area contributed by atoms with Crippen molar-refractivity contribution >= 4 is 27.3 Å². The number of hydrogen-bond donors (Lipinski definition) is 0. The topological polar surface area (TPSA) is 115 Å².